The summed E-state index contributed by atoms with van der Waals surface area (Å²) >= 11 is 0. The van der Waals surface area contributed by atoms with Crippen LogP contribution in [0.1, 0.15) is 28.4 Å². The number of hydrogen-bond donors (Lipinski definition) is 2. The van der Waals surface area contributed by atoms with Gasteiger partial charge in [0.05, 0.1) is 6.61 Å². The van der Waals surface area contributed by atoms with Gasteiger partial charge in [-0.25, -0.2) is 0 Å². The highest BCUT2D eigenvalue weighted by Gasteiger charge is 2.08. The summed E-state index contributed by atoms with van der Waals surface area (Å²) in [6.07, 6.45) is 3.37. The van der Waals surface area contributed by atoms with E-state index in [1.807, 2.05) is 0 Å². The molecule has 0 aliphatic carbocycles. The average Bonchev–Trinajstić information content (AvgIpc) is 2.10. The average molecular weight is 131 g/mol. The van der Waals surface area contributed by atoms with Gasteiger partial charge in [-0.05, 0) is 19.3 Å². The normalized spacial score (nSPS) is 38.6. The number of hydrogen-bond acceptors (Lipinski definition) is 2. The molecule has 1 aliphatic rings. The van der Waals surface area contributed by atoms with Crippen LogP contribution in [-0.2, 0) is 0 Å². The molecular formula is C7H15NO. The molecule has 1 rings (SSSR count). The summed E-state index contributed by atoms with van der Waals surface area (Å²) in [5.74, 6) is 0. The van der Waals surface area contributed by atoms with Crippen molar-refractivity contribution in [1.29, 1.82) is 0 Å². The molecule has 0 aromatic carbocycles. The zero-order valence-corrected chi connectivity index (χ0v) is 5.56. The molecule has 1 fully saturated rings. The molecule has 0 amide bonds. The first-order valence-electron chi connectivity index (χ1n) is 4.52. The van der Waals surface area contributed by atoms with Gasteiger partial charge in [-0.3, -0.25) is 0 Å². The van der Waals surface area contributed by atoms with Crippen LogP contribution in [-0.4, -0.2) is 24.3 Å². The van der Waals surface area contributed by atoms with Crippen molar-refractivity contribution in [3.8, 4) is 0 Å². The Morgan fingerprint density at radius 1 is 1.56 bits per heavy atom. The van der Waals surface area contributed by atoms with E-state index in [9.17, 15) is 0 Å². The summed E-state index contributed by atoms with van der Waals surface area (Å²) in [7, 11) is 0. The van der Waals surface area contributed by atoms with E-state index < -0.39 is 6.50 Å². The zero-order valence-electron chi connectivity index (χ0n) is 7.56. The molecule has 1 saturated heterocycles. The molecule has 0 radical (unpaired) electrons. The third-order valence-corrected chi connectivity index (χ3v) is 1.63. The molecule has 2 N–H and O–H groups in total. The van der Waals surface area contributed by atoms with Crippen LogP contribution in [0.4, 0.5) is 0 Å². The molecule has 0 aromatic heterocycles. The van der Waals surface area contributed by atoms with Crippen molar-refractivity contribution >= 4 is 0 Å². The molecular weight excluding hydrogens is 114 g/mol. The molecule has 54 valence electrons. The molecule has 2 heteroatoms. The minimum absolute atomic E-state index is 0.0412. The molecule has 1 aliphatic heterocycles. The Morgan fingerprint density at radius 3 is 3.22 bits per heavy atom. The number of rotatable bonds is 1. The van der Waals surface area contributed by atoms with Gasteiger partial charge in [-0.1, -0.05) is 12.8 Å². The highest BCUT2D eigenvalue weighted by atomic mass is 16.3. The van der Waals surface area contributed by atoms with E-state index in [0.29, 0.717) is 6.42 Å². The topological polar surface area (TPSA) is 32.3 Å². The summed E-state index contributed by atoms with van der Waals surface area (Å²) in [6.45, 7) is -1.23. The van der Waals surface area contributed by atoms with E-state index in [0.717, 1.165) is 19.3 Å². The van der Waals surface area contributed by atoms with E-state index in [1.165, 1.54) is 0 Å². The fraction of sp³-hybridized carbons (Fsp3) is 1.00. The molecule has 1 heterocycles. The second-order valence-corrected chi connectivity index (χ2v) is 2.45. The highest BCUT2D eigenvalue weighted by molar-refractivity contribution is 4.68. The van der Waals surface area contributed by atoms with Crippen LogP contribution in [0.5, 0.6) is 0 Å². The number of aliphatic hydroxyl groups is 1. The van der Waals surface area contributed by atoms with Gasteiger partial charge in [0.15, 0.2) is 0 Å². The van der Waals surface area contributed by atoms with Crippen LogP contribution in [0.2, 0.25) is 0 Å². The van der Waals surface area contributed by atoms with Gasteiger partial charge in [0.2, 0.25) is 0 Å². The maximum Gasteiger partial charge on any atom is 0.0584 e. The lowest BCUT2D eigenvalue weighted by Gasteiger charge is -2.10. The van der Waals surface area contributed by atoms with Gasteiger partial charge in [0.25, 0.3) is 0 Å². The van der Waals surface area contributed by atoms with Gasteiger partial charge in [0, 0.05) is 8.78 Å². The Morgan fingerprint density at radius 2 is 2.44 bits per heavy atom. The van der Waals surface area contributed by atoms with E-state index in [2.05, 4.69) is 5.32 Å². The Labute approximate surface area is 59.1 Å². The first-order chi connectivity index (χ1) is 5.14. The molecule has 0 saturated carbocycles. The van der Waals surface area contributed by atoms with Crippen LogP contribution >= 0.6 is 0 Å². The maximum atomic E-state index is 8.82. The van der Waals surface area contributed by atoms with Gasteiger partial charge in [0.1, 0.15) is 0 Å². The first-order valence-corrected chi connectivity index (χ1v) is 3.52. The minimum atomic E-state index is -1.27. The van der Waals surface area contributed by atoms with E-state index in [-0.39, 0.29) is 12.6 Å². The molecule has 2 nitrogen and oxygen atoms in total. The summed E-state index contributed by atoms with van der Waals surface area (Å²) in [5.41, 5.74) is 0. The molecule has 0 bridgehead atoms. The SMILES string of the molecule is [2H]C1([2H])CCCC[C@@H](CO)N1. The second kappa shape index (κ2) is 3.85. The molecule has 0 spiro atoms. The lowest BCUT2D eigenvalue weighted by atomic mass is 10.1. The van der Waals surface area contributed by atoms with Crippen LogP contribution in [0.15, 0.2) is 0 Å². The van der Waals surface area contributed by atoms with Crippen molar-refractivity contribution in [3.05, 3.63) is 0 Å². The van der Waals surface area contributed by atoms with Gasteiger partial charge >= 0.3 is 0 Å². The van der Waals surface area contributed by atoms with Gasteiger partial charge in [-0.2, -0.15) is 0 Å². The van der Waals surface area contributed by atoms with Crippen molar-refractivity contribution in [2.45, 2.75) is 31.7 Å². The van der Waals surface area contributed by atoms with Crippen LogP contribution < -0.4 is 5.32 Å². The largest absolute Gasteiger partial charge is 0.395 e. The standard InChI is InChI=1S/C7H15NO/c9-6-7-4-2-1-3-5-8-7/h7-9H,1-6H2/t7-/m0/s1/i5D2. The Bertz CT molecular complexity index is 130. The van der Waals surface area contributed by atoms with Crippen molar-refractivity contribution in [3.63, 3.8) is 0 Å². The Kier molecular flexibility index (Phi) is 2.01. The van der Waals surface area contributed by atoms with E-state index in [4.69, 9.17) is 7.85 Å². The highest BCUT2D eigenvalue weighted by Crippen LogP contribution is 2.06. The molecule has 1 atom stereocenters. The fourth-order valence-corrected chi connectivity index (χ4v) is 1.03. The third-order valence-electron chi connectivity index (χ3n) is 1.63. The smallest absolute Gasteiger partial charge is 0.0584 e. The van der Waals surface area contributed by atoms with Crippen LogP contribution in [0.3, 0.4) is 0 Å². The first kappa shape index (κ1) is 4.69. The van der Waals surface area contributed by atoms with E-state index in [1.54, 1.807) is 0 Å². The quantitative estimate of drug-likeness (QED) is 0.543. The monoisotopic (exact) mass is 131 g/mol. The molecule has 0 unspecified atom stereocenters. The van der Waals surface area contributed by atoms with Crippen molar-refractivity contribution in [2.24, 2.45) is 0 Å². The lowest BCUT2D eigenvalue weighted by Crippen LogP contribution is -2.31. The van der Waals surface area contributed by atoms with Gasteiger partial charge in [-0.15, -0.1) is 0 Å². The van der Waals surface area contributed by atoms with Crippen molar-refractivity contribution in [1.82, 2.24) is 5.32 Å². The molecule has 9 heavy (non-hydrogen) atoms. The number of aliphatic hydroxyl groups excluding tert-OH is 1. The summed E-state index contributed by atoms with van der Waals surface area (Å²) in [5, 5.41) is 11.6. The third kappa shape index (κ3) is 2.33. The lowest BCUT2D eigenvalue weighted by molar-refractivity contribution is 0.240. The second-order valence-electron chi connectivity index (χ2n) is 2.45. The zero-order chi connectivity index (χ0) is 8.32. The Balaban J connectivity index is 2.47. The summed E-state index contributed by atoms with van der Waals surface area (Å²) in [4.78, 5) is 0. The molecule has 0 aromatic rings. The fourth-order valence-electron chi connectivity index (χ4n) is 1.03. The van der Waals surface area contributed by atoms with Gasteiger partial charge < -0.3 is 10.4 Å². The van der Waals surface area contributed by atoms with Crippen LogP contribution in [0.25, 0.3) is 0 Å². The summed E-state index contributed by atoms with van der Waals surface area (Å²) < 4.78 is 14.9. The predicted molar refractivity (Wildman–Crippen MR) is 37.3 cm³/mol. The predicted octanol–water partition coefficient (Wildman–Crippen LogP) is 0.511. The van der Waals surface area contributed by atoms with Crippen LogP contribution in [0, 0.1) is 0 Å². The van der Waals surface area contributed by atoms with Crippen molar-refractivity contribution in [2.75, 3.05) is 13.1 Å². The van der Waals surface area contributed by atoms with E-state index >= 15 is 0 Å². The minimum Gasteiger partial charge on any atom is -0.395 e. The Hall–Kier alpha value is -0.0800. The summed E-state index contributed by atoms with van der Waals surface area (Å²) in [6, 6.07) is -0.0486. The number of nitrogens with one attached hydrogen (secondary N) is 1. The van der Waals surface area contributed by atoms with Crippen molar-refractivity contribution < 1.29 is 7.85 Å². The maximum absolute atomic E-state index is 8.82.